The molecule has 1 saturated carbocycles. The zero-order valence-electron chi connectivity index (χ0n) is 10.1. The third kappa shape index (κ3) is 4.18. The van der Waals surface area contributed by atoms with Crippen LogP contribution in [0.3, 0.4) is 0 Å². The third-order valence-corrected chi connectivity index (χ3v) is 5.20. The molecule has 18 heavy (non-hydrogen) atoms. The predicted octanol–water partition coefficient (Wildman–Crippen LogP) is 4.78. The van der Waals surface area contributed by atoms with Crippen LogP contribution in [0.4, 0.5) is 0 Å². The second kappa shape index (κ2) is 6.83. The average Bonchev–Trinajstić information content (AvgIpc) is 2.83. The molecule has 0 unspecified atom stereocenters. The number of carbonyl (C=O) groups is 1. The van der Waals surface area contributed by atoms with E-state index < -0.39 is 0 Å². The predicted molar refractivity (Wildman–Crippen MR) is 79.9 cm³/mol. The monoisotopic (exact) mass is 302 g/mol. The Kier molecular flexibility index (Phi) is 5.40. The number of carbonyl (C=O) groups excluding carboxylic acids is 1. The van der Waals surface area contributed by atoms with Gasteiger partial charge >= 0.3 is 0 Å². The molecule has 98 valence electrons. The zero-order chi connectivity index (χ0) is 13.0. The van der Waals surface area contributed by atoms with Gasteiger partial charge in [0.15, 0.2) is 0 Å². The third-order valence-electron chi connectivity index (χ3n) is 3.18. The van der Waals surface area contributed by atoms with Gasteiger partial charge in [-0.15, -0.1) is 0 Å². The molecule has 0 heterocycles. The van der Waals surface area contributed by atoms with Crippen molar-refractivity contribution >= 4 is 40.7 Å². The van der Waals surface area contributed by atoms with E-state index in [2.05, 4.69) is 0 Å². The first kappa shape index (κ1) is 14.2. The summed E-state index contributed by atoms with van der Waals surface area (Å²) >= 11 is 13.7. The quantitative estimate of drug-likeness (QED) is 0.778. The van der Waals surface area contributed by atoms with Crippen LogP contribution < -0.4 is 0 Å². The molecule has 0 amide bonds. The van der Waals surface area contributed by atoms with E-state index in [1.807, 2.05) is 6.07 Å². The van der Waals surface area contributed by atoms with Gasteiger partial charge in [-0.1, -0.05) is 42.1 Å². The Labute approximate surface area is 122 Å². The highest BCUT2D eigenvalue weighted by atomic mass is 35.5. The normalized spacial score (nSPS) is 16.1. The van der Waals surface area contributed by atoms with Gasteiger partial charge in [-0.3, -0.25) is 4.79 Å². The Morgan fingerprint density at radius 1 is 1.28 bits per heavy atom. The van der Waals surface area contributed by atoms with Gasteiger partial charge in [0.1, 0.15) is 5.78 Å². The van der Waals surface area contributed by atoms with E-state index in [9.17, 15) is 4.79 Å². The molecular formula is C14H16Cl2OS. The largest absolute Gasteiger partial charge is 0.298 e. The van der Waals surface area contributed by atoms with E-state index in [0.717, 1.165) is 5.56 Å². The van der Waals surface area contributed by atoms with Gasteiger partial charge in [-0.2, -0.15) is 11.8 Å². The van der Waals surface area contributed by atoms with Gasteiger partial charge in [0, 0.05) is 21.7 Å². The van der Waals surface area contributed by atoms with Gasteiger partial charge in [0.05, 0.1) is 5.75 Å². The minimum absolute atomic E-state index is 0.246. The number of halogens is 2. The lowest BCUT2D eigenvalue weighted by atomic mass is 10.1. The molecule has 0 aromatic heterocycles. The minimum atomic E-state index is 0.246. The molecule has 4 heteroatoms. The van der Waals surface area contributed by atoms with Crippen molar-refractivity contribution in [3.63, 3.8) is 0 Å². The van der Waals surface area contributed by atoms with E-state index in [0.29, 0.717) is 27.5 Å². The summed E-state index contributed by atoms with van der Waals surface area (Å²) in [5, 5.41) is 1.88. The summed E-state index contributed by atoms with van der Waals surface area (Å²) < 4.78 is 0. The van der Waals surface area contributed by atoms with Crippen molar-refractivity contribution in [2.45, 2.75) is 37.4 Å². The van der Waals surface area contributed by atoms with Crippen LogP contribution in [-0.4, -0.2) is 16.8 Å². The Morgan fingerprint density at radius 2 is 2.00 bits per heavy atom. The van der Waals surface area contributed by atoms with Crippen molar-refractivity contribution in [2.75, 3.05) is 5.75 Å². The number of hydrogen-bond acceptors (Lipinski definition) is 2. The maximum absolute atomic E-state index is 11.9. The summed E-state index contributed by atoms with van der Waals surface area (Å²) in [7, 11) is 0. The molecule has 1 fully saturated rings. The van der Waals surface area contributed by atoms with Crippen molar-refractivity contribution in [3.8, 4) is 0 Å². The van der Waals surface area contributed by atoms with Crippen molar-refractivity contribution in [1.82, 2.24) is 0 Å². The lowest BCUT2D eigenvalue weighted by molar-refractivity contribution is -0.116. The standard InChI is InChI=1S/C14H16Cl2OS/c15-11-6-5-10(14(16)8-11)7-12(17)9-18-13-3-1-2-4-13/h5-6,8,13H,1-4,7,9H2. The summed E-state index contributed by atoms with van der Waals surface area (Å²) in [6, 6.07) is 5.30. The maximum atomic E-state index is 11.9. The van der Waals surface area contributed by atoms with Crippen molar-refractivity contribution in [3.05, 3.63) is 33.8 Å². The van der Waals surface area contributed by atoms with Crippen molar-refractivity contribution < 1.29 is 4.79 Å². The first-order valence-electron chi connectivity index (χ1n) is 6.22. The van der Waals surface area contributed by atoms with Gasteiger partial charge in [-0.25, -0.2) is 0 Å². The molecule has 0 atom stereocenters. The summed E-state index contributed by atoms with van der Waals surface area (Å²) in [4.78, 5) is 11.9. The van der Waals surface area contributed by atoms with E-state index in [-0.39, 0.29) is 5.78 Å². The van der Waals surface area contributed by atoms with Crippen LogP contribution in [-0.2, 0) is 11.2 Å². The molecule has 0 spiro atoms. The van der Waals surface area contributed by atoms with Crippen LogP contribution in [0, 0.1) is 0 Å². The number of benzene rings is 1. The number of rotatable bonds is 5. The van der Waals surface area contributed by atoms with Crippen LogP contribution in [0.5, 0.6) is 0 Å². The Bertz CT molecular complexity index is 428. The molecule has 0 N–H and O–H groups in total. The van der Waals surface area contributed by atoms with E-state index >= 15 is 0 Å². The highest BCUT2D eigenvalue weighted by Crippen LogP contribution is 2.29. The van der Waals surface area contributed by atoms with E-state index in [1.54, 1.807) is 23.9 Å². The van der Waals surface area contributed by atoms with Gasteiger partial charge < -0.3 is 0 Å². The van der Waals surface area contributed by atoms with E-state index in [4.69, 9.17) is 23.2 Å². The van der Waals surface area contributed by atoms with Crippen molar-refractivity contribution in [2.24, 2.45) is 0 Å². The van der Waals surface area contributed by atoms with Crippen LogP contribution in [0.2, 0.25) is 10.0 Å². The molecular weight excluding hydrogens is 287 g/mol. The Balaban J connectivity index is 1.82. The van der Waals surface area contributed by atoms with E-state index in [1.165, 1.54) is 25.7 Å². The molecule has 2 rings (SSSR count). The summed E-state index contributed by atoms with van der Waals surface area (Å²) in [5.74, 6) is 0.847. The van der Waals surface area contributed by atoms with Crippen LogP contribution in [0.25, 0.3) is 0 Å². The fourth-order valence-electron chi connectivity index (χ4n) is 2.19. The Hall–Kier alpha value is -0.180. The minimum Gasteiger partial charge on any atom is -0.298 e. The molecule has 0 saturated heterocycles. The molecule has 1 aromatic carbocycles. The summed E-state index contributed by atoms with van der Waals surface area (Å²) in [5.41, 5.74) is 0.873. The number of ketones is 1. The molecule has 1 nitrogen and oxygen atoms in total. The summed E-state index contributed by atoms with van der Waals surface area (Å²) in [6.07, 6.45) is 5.57. The van der Waals surface area contributed by atoms with Crippen LogP contribution >= 0.6 is 35.0 Å². The highest BCUT2D eigenvalue weighted by molar-refractivity contribution is 8.00. The number of thioether (sulfide) groups is 1. The topological polar surface area (TPSA) is 17.1 Å². The molecule has 0 aliphatic heterocycles. The summed E-state index contributed by atoms with van der Waals surface area (Å²) in [6.45, 7) is 0. The van der Waals surface area contributed by atoms with Gasteiger partial charge in [-0.05, 0) is 30.5 Å². The van der Waals surface area contributed by atoms with Crippen molar-refractivity contribution in [1.29, 1.82) is 0 Å². The van der Waals surface area contributed by atoms with Gasteiger partial charge in [0.25, 0.3) is 0 Å². The smallest absolute Gasteiger partial charge is 0.147 e. The SMILES string of the molecule is O=C(CSC1CCCC1)Cc1ccc(Cl)cc1Cl. The molecule has 1 aliphatic rings. The van der Waals surface area contributed by atoms with Gasteiger partial charge in [0.2, 0.25) is 0 Å². The zero-order valence-corrected chi connectivity index (χ0v) is 12.5. The first-order chi connectivity index (χ1) is 8.65. The van der Waals surface area contributed by atoms with Crippen LogP contribution in [0.15, 0.2) is 18.2 Å². The molecule has 0 radical (unpaired) electrons. The average molecular weight is 303 g/mol. The second-order valence-electron chi connectivity index (χ2n) is 4.67. The lowest BCUT2D eigenvalue weighted by Crippen LogP contribution is -2.09. The molecule has 1 aromatic rings. The fraction of sp³-hybridized carbons (Fsp3) is 0.500. The second-order valence-corrected chi connectivity index (χ2v) is 6.80. The maximum Gasteiger partial charge on any atom is 0.147 e. The molecule has 1 aliphatic carbocycles. The highest BCUT2D eigenvalue weighted by Gasteiger charge is 2.17. The molecule has 0 bridgehead atoms. The number of hydrogen-bond donors (Lipinski definition) is 0. The fourth-order valence-corrected chi connectivity index (χ4v) is 3.86. The number of Topliss-reactive ketones (excluding diaryl/α,β-unsaturated/α-hetero) is 1. The Morgan fingerprint density at radius 3 is 2.67 bits per heavy atom. The lowest BCUT2D eigenvalue weighted by Gasteiger charge is -2.08. The van der Waals surface area contributed by atoms with Crippen LogP contribution in [0.1, 0.15) is 31.2 Å². The first-order valence-corrected chi connectivity index (χ1v) is 8.03.